The average Bonchev–Trinajstić information content (AvgIpc) is 2.43. The molecule has 0 radical (unpaired) electrons. The molecule has 0 saturated carbocycles. The van der Waals surface area contributed by atoms with E-state index in [1.807, 2.05) is 12.1 Å². The van der Waals surface area contributed by atoms with Crippen molar-refractivity contribution in [3.8, 4) is 0 Å². The van der Waals surface area contributed by atoms with Crippen LogP contribution >= 0.6 is 11.6 Å². The van der Waals surface area contributed by atoms with Gasteiger partial charge in [0.15, 0.2) is 0 Å². The van der Waals surface area contributed by atoms with Gasteiger partial charge in [-0.3, -0.25) is 0 Å². The fourth-order valence-electron chi connectivity index (χ4n) is 2.15. The van der Waals surface area contributed by atoms with Gasteiger partial charge in [-0.2, -0.15) is 0 Å². The standard InChI is InChI=1S/C17H20ClN/c1-14(13-16-7-9-17(18)10-8-16)19-12-11-15-5-3-2-4-6-15/h2-10,14,19H,11-13H2,1H3. The third-order valence-electron chi connectivity index (χ3n) is 3.20. The van der Waals surface area contributed by atoms with E-state index in [9.17, 15) is 0 Å². The van der Waals surface area contributed by atoms with E-state index in [-0.39, 0.29) is 0 Å². The largest absolute Gasteiger partial charge is 0.314 e. The molecule has 1 nitrogen and oxygen atoms in total. The Balaban J connectivity index is 1.73. The minimum absolute atomic E-state index is 0.477. The first-order chi connectivity index (χ1) is 9.24. The van der Waals surface area contributed by atoms with Crippen molar-refractivity contribution in [1.29, 1.82) is 0 Å². The van der Waals surface area contributed by atoms with Gasteiger partial charge in [-0.05, 0) is 49.6 Å². The summed E-state index contributed by atoms with van der Waals surface area (Å²) in [4.78, 5) is 0. The van der Waals surface area contributed by atoms with Gasteiger partial charge in [-0.1, -0.05) is 54.1 Å². The molecule has 0 aliphatic carbocycles. The highest BCUT2D eigenvalue weighted by atomic mass is 35.5. The monoisotopic (exact) mass is 273 g/mol. The molecule has 1 atom stereocenters. The van der Waals surface area contributed by atoms with Gasteiger partial charge >= 0.3 is 0 Å². The van der Waals surface area contributed by atoms with Crippen molar-refractivity contribution in [2.75, 3.05) is 6.54 Å². The number of nitrogens with one attached hydrogen (secondary N) is 1. The van der Waals surface area contributed by atoms with Crippen LogP contribution in [0.5, 0.6) is 0 Å². The first-order valence-electron chi connectivity index (χ1n) is 6.76. The maximum atomic E-state index is 5.88. The summed E-state index contributed by atoms with van der Waals surface area (Å²) in [5, 5.41) is 4.36. The Labute approximate surface area is 120 Å². The lowest BCUT2D eigenvalue weighted by Crippen LogP contribution is -2.29. The second-order valence-electron chi connectivity index (χ2n) is 4.92. The van der Waals surface area contributed by atoms with Gasteiger partial charge in [0.05, 0.1) is 0 Å². The second kappa shape index (κ2) is 7.32. The molecule has 0 amide bonds. The topological polar surface area (TPSA) is 12.0 Å². The molecule has 0 aliphatic rings. The third-order valence-corrected chi connectivity index (χ3v) is 3.46. The van der Waals surface area contributed by atoms with E-state index in [4.69, 9.17) is 11.6 Å². The molecule has 0 aromatic heterocycles. The van der Waals surface area contributed by atoms with Crippen LogP contribution in [0.2, 0.25) is 5.02 Å². The molecule has 0 spiro atoms. The summed E-state index contributed by atoms with van der Waals surface area (Å²) >= 11 is 5.88. The smallest absolute Gasteiger partial charge is 0.0406 e. The summed E-state index contributed by atoms with van der Waals surface area (Å²) in [5.41, 5.74) is 2.71. The number of hydrogen-bond donors (Lipinski definition) is 1. The summed E-state index contributed by atoms with van der Waals surface area (Å²) in [6.45, 7) is 3.23. The molecule has 1 N–H and O–H groups in total. The first-order valence-corrected chi connectivity index (χ1v) is 7.13. The average molecular weight is 274 g/mol. The highest BCUT2D eigenvalue weighted by Crippen LogP contribution is 2.11. The van der Waals surface area contributed by atoms with Crippen LogP contribution in [-0.4, -0.2) is 12.6 Å². The Morgan fingerprint density at radius 3 is 2.32 bits per heavy atom. The lowest BCUT2D eigenvalue weighted by molar-refractivity contribution is 0.548. The number of halogens is 1. The van der Waals surface area contributed by atoms with Crippen molar-refractivity contribution in [3.63, 3.8) is 0 Å². The van der Waals surface area contributed by atoms with Crippen molar-refractivity contribution in [1.82, 2.24) is 5.32 Å². The van der Waals surface area contributed by atoms with Gasteiger partial charge in [-0.25, -0.2) is 0 Å². The zero-order chi connectivity index (χ0) is 13.5. The van der Waals surface area contributed by atoms with E-state index in [2.05, 4.69) is 54.7 Å². The fourth-order valence-corrected chi connectivity index (χ4v) is 2.28. The van der Waals surface area contributed by atoms with E-state index in [0.29, 0.717) is 6.04 Å². The van der Waals surface area contributed by atoms with Crippen molar-refractivity contribution >= 4 is 11.6 Å². The normalized spacial score (nSPS) is 12.3. The zero-order valence-electron chi connectivity index (χ0n) is 11.3. The van der Waals surface area contributed by atoms with Crippen LogP contribution in [0.3, 0.4) is 0 Å². The maximum Gasteiger partial charge on any atom is 0.0406 e. The molecular weight excluding hydrogens is 254 g/mol. The third kappa shape index (κ3) is 5.06. The Bertz CT molecular complexity index is 478. The van der Waals surface area contributed by atoms with Crippen LogP contribution in [-0.2, 0) is 12.8 Å². The minimum atomic E-state index is 0.477. The van der Waals surface area contributed by atoms with Crippen LogP contribution in [0.4, 0.5) is 0 Å². The second-order valence-corrected chi connectivity index (χ2v) is 5.36. The van der Waals surface area contributed by atoms with Crippen LogP contribution in [0.25, 0.3) is 0 Å². The molecule has 100 valence electrons. The molecule has 19 heavy (non-hydrogen) atoms. The molecule has 1 unspecified atom stereocenters. The molecule has 2 rings (SSSR count). The molecule has 2 heteroatoms. The predicted molar refractivity (Wildman–Crippen MR) is 82.8 cm³/mol. The molecule has 0 aliphatic heterocycles. The quantitative estimate of drug-likeness (QED) is 0.835. The highest BCUT2D eigenvalue weighted by molar-refractivity contribution is 6.30. The van der Waals surface area contributed by atoms with E-state index >= 15 is 0 Å². The zero-order valence-corrected chi connectivity index (χ0v) is 12.0. The molecule has 2 aromatic carbocycles. The van der Waals surface area contributed by atoms with Gasteiger partial charge in [-0.15, -0.1) is 0 Å². The van der Waals surface area contributed by atoms with Crippen molar-refractivity contribution in [2.45, 2.75) is 25.8 Å². The molecule has 0 heterocycles. The van der Waals surface area contributed by atoms with Gasteiger partial charge in [0.25, 0.3) is 0 Å². The fraction of sp³-hybridized carbons (Fsp3) is 0.294. The SMILES string of the molecule is CC(Cc1ccc(Cl)cc1)NCCc1ccccc1. The molecular formula is C17H20ClN. The maximum absolute atomic E-state index is 5.88. The van der Waals surface area contributed by atoms with E-state index < -0.39 is 0 Å². The lowest BCUT2D eigenvalue weighted by atomic mass is 10.1. The Kier molecular flexibility index (Phi) is 5.44. The molecule has 0 bridgehead atoms. The minimum Gasteiger partial charge on any atom is -0.314 e. The van der Waals surface area contributed by atoms with Crippen LogP contribution < -0.4 is 5.32 Å². The van der Waals surface area contributed by atoms with Crippen molar-refractivity contribution in [3.05, 3.63) is 70.7 Å². The predicted octanol–water partition coefficient (Wildman–Crippen LogP) is 4.10. The first kappa shape index (κ1) is 14.1. The highest BCUT2D eigenvalue weighted by Gasteiger charge is 2.03. The van der Waals surface area contributed by atoms with Crippen LogP contribution in [0, 0.1) is 0 Å². The number of benzene rings is 2. The van der Waals surface area contributed by atoms with Gasteiger partial charge in [0.1, 0.15) is 0 Å². The van der Waals surface area contributed by atoms with Gasteiger partial charge < -0.3 is 5.32 Å². The number of hydrogen-bond acceptors (Lipinski definition) is 1. The Morgan fingerprint density at radius 1 is 0.947 bits per heavy atom. The van der Waals surface area contributed by atoms with Crippen molar-refractivity contribution in [2.24, 2.45) is 0 Å². The van der Waals surface area contributed by atoms with E-state index in [0.717, 1.165) is 24.4 Å². The Hall–Kier alpha value is -1.31. The summed E-state index contributed by atoms with van der Waals surface area (Å²) in [5.74, 6) is 0. The number of rotatable bonds is 6. The van der Waals surface area contributed by atoms with E-state index in [1.54, 1.807) is 0 Å². The lowest BCUT2D eigenvalue weighted by Gasteiger charge is -2.14. The van der Waals surface area contributed by atoms with E-state index in [1.165, 1.54) is 11.1 Å². The summed E-state index contributed by atoms with van der Waals surface area (Å²) in [6.07, 6.45) is 2.11. The van der Waals surface area contributed by atoms with Crippen LogP contribution in [0.1, 0.15) is 18.1 Å². The van der Waals surface area contributed by atoms with Gasteiger partial charge in [0.2, 0.25) is 0 Å². The summed E-state index contributed by atoms with van der Waals surface area (Å²) < 4.78 is 0. The molecule has 0 fully saturated rings. The van der Waals surface area contributed by atoms with Crippen LogP contribution in [0.15, 0.2) is 54.6 Å². The molecule has 2 aromatic rings. The van der Waals surface area contributed by atoms with Crippen molar-refractivity contribution < 1.29 is 0 Å². The van der Waals surface area contributed by atoms with Gasteiger partial charge in [0, 0.05) is 11.1 Å². The summed E-state index contributed by atoms with van der Waals surface area (Å²) in [7, 11) is 0. The Morgan fingerprint density at radius 2 is 1.63 bits per heavy atom. The summed E-state index contributed by atoms with van der Waals surface area (Å²) in [6, 6.07) is 19.2. The molecule has 0 saturated heterocycles.